The van der Waals surface area contributed by atoms with Crippen LogP contribution in [-0.4, -0.2) is 159 Å². The molecule has 0 bridgehead atoms. The average molecular weight is 424 g/mol. The molecule has 0 saturated heterocycles. The Balaban J connectivity index is 0. The Morgan fingerprint density at radius 1 is 0.286 bits per heavy atom. The van der Waals surface area contributed by atoms with E-state index in [0.717, 1.165) is 0 Å². The number of hydrogen-bond donors (Lipinski definition) is 14. The smallest absolute Gasteiger partial charge is 0.111 e. The van der Waals surface area contributed by atoms with Crippen molar-refractivity contribution >= 4 is 0 Å². The van der Waals surface area contributed by atoms with Gasteiger partial charge in [0.1, 0.15) is 61.0 Å². The van der Waals surface area contributed by atoms with Crippen LogP contribution in [0.15, 0.2) is 0 Å². The quantitative estimate of drug-likeness (QED) is 0.138. The second-order valence-corrected chi connectivity index (χ2v) is 5.94. The van der Waals surface area contributed by atoms with E-state index in [1.54, 1.807) is 0 Å². The molecular weight excluding hydrogens is 392 g/mol. The molecule has 0 aromatic rings. The molecule has 0 saturated carbocycles. The normalized spacial score (nSPS) is 21.5. The molecule has 0 aliphatic rings. The fourth-order valence-corrected chi connectivity index (χ4v) is 1.75. The van der Waals surface area contributed by atoms with Crippen LogP contribution in [0.1, 0.15) is 0 Å². The molecule has 0 radical (unpaired) electrons. The Labute approximate surface area is 160 Å². The lowest BCUT2D eigenvalue weighted by atomic mass is 10.00. The van der Waals surface area contributed by atoms with E-state index in [4.69, 9.17) is 71.5 Å². The lowest BCUT2D eigenvalue weighted by Gasteiger charge is -2.27. The van der Waals surface area contributed by atoms with Crippen LogP contribution in [0.5, 0.6) is 0 Å². The van der Waals surface area contributed by atoms with Crippen LogP contribution in [0.25, 0.3) is 0 Å². The van der Waals surface area contributed by atoms with Gasteiger partial charge < -0.3 is 71.5 Å². The van der Waals surface area contributed by atoms with Gasteiger partial charge in [0.05, 0.1) is 26.4 Å². The third kappa shape index (κ3) is 9.77. The highest BCUT2D eigenvalue weighted by molar-refractivity contribution is 4.85. The Hall–Kier alpha value is -0.560. The third-order valence-corrected chi connectivity index (χ3v) is 3.72. The van der Waals surface area contributed by atoms with Crippen molar-refractivity contribution in [3.8, 4) is 0 Å². The average Bonchev–Trinajstić information content (AvgIpc) is 2.73. The standard InChI is InChI=1S/2C7H16O7/c2*8-1-3(10)5(12)7(14)6(13)4(11)2-9/h2*3-14H,1-2H2/t3-,4+,5-,6-,7?;3-,4-,5-,6-/m11/s1. The van der Waals surface area contributed by atoms with Crippen molar-refractivity contribution in [2.75, 3.05) is 26.4 Å². The maximum absolute atomic E-state index is 9.15. The van der Waals surface area contributed by atoms with Crippen molar-refractivity contribution in [2.45, 2.75) is 61.0 Å². The lowest BCUT2D eigenvalue weighted by Crippen LogP contribution is -2.50. The predicted octanol–water partition coefficient (Wildman–Crippen LogP) is -8.45. The van der Waals surface area contributed by atoms with Crippen LogP contribution >= 0.6 is 0 Å². The summed E-state index contributed by atoms with van der Waals surface area (Å²) in [4.78, 5) is 0. The summed E-state index contributed by atoms with van der Waals surface area (Å²) in [5, 5.41) is 124. The van der Waals surface area contributed by atoms with E-state index < -0.39 is 87.5 Å². The van der Waals surface area contributed by atoms with Gasteiger partial charge >= 0.3 is 0 Å². The highest BCUT2D eigenvalue weighted by Gasteiger charge is 2.34. The SMILES string of the molecule is OC[C@@H](O)[C@@H](O)C(O)[C@H](O)[C@@H](O)CO.OC[C@@H](O)[C@@H](O)C(O)[C@H](O)[C@H](O)CO. The van der Waals surface area contributed by atoms with Crippen LogP contribution in [0.3, 0.4) is 0 Å². The van der Waals surface area contributed by atoms with E-state index in [1.165, 1.54) is 0 Å². The topological polar surface area (TPSA) is 283 Å². The van der Waals surface area contributed by atoms with Crippen molar-refractivity contribution in [1.29, 1.82) is 0 Å². The van der Waals surface area contributed by atoms with Gasteiger partial charge in [0.15, 0.2) is 0 Å². The number of rotatable bonds is 12. The van der Waals surface area contributed by atoms with Crippen molar-refractivity contribution in [1.82, 2.24) is 0 Å². The number of aliphatic hydroxyl groups excluding tert-OH is 14. The molecule has 9 atom stereocenters. The first kappa shape index (κ1) is 29.6. The van der Waals surface area contributed by atoms with Crippen LogP contribution < -0.4 is 0 Å². The number of hydrogen-bond acceptors (Lipinski definition) is 14. The van der Waals surface area contributed by atoms with Crippen molar-refractivity contribution < 1.29 is 71.5 Å². The number of aliphatic hydroxyl groups is 14. The van der Waals surface area contributed by atoms with Gasteiger partial charge in [-0.1, -0.05) is 0 Å². The van der Waals surface area contributed by atoms with E-state index >= 15 is 0 Å². The fourth-order valence-electron chi connectivity index (χ4n) is 1.75. The van der Waals surface area contributed by atoms with E-state index in [1.807, 2.05) is 0 Å². The molecule has 14 nitrogen and oxygen atoms in total. The molecule has 0 amide bonds. The Bertz CT molecular complexity index is 308. The van der Waals surface area contributed by atoms with Gasteiger partial charge in [0, 0.05) is 0 Å². The van der Waals surface area contributed by atoms with Crippen molar-refractivity contribution in [3.63, 3.8) is 0 Å². The summed E-state index contributed by atoms with van der Waals surface area (Å²) in [6.45, 7) is -3.17. The highest BCUT2D eigenvalue weighted by Crippen LogP contribution is 2.09. The fraction of sp³-hybridized carbons (Fsp3) is 1.00. The zero-order chi connectivity index (χ0) is 22.6. The van der Waals surface area contributed by atoms with Gasteiger partial charge in [-0.3, -0.25) is 0 Å². The van der Waals surface area contributed by atoms with Gasteiger partial charge in [-0.25, -0.2) is 0 Å². The minimum absolute atomic E-state index is 0.792. The molecule has 0 heterocycles. The summed E-state index contributed by atoms with van der Waals surface area (Å²) in [6.07, 6.45) is -17.4. The molecule has 0 fully saturated rings. The van der Waals surface area contributed by atoms with Crippen LogP contribution in [-0.2, 0) is 0 Å². The molecule has 0 aliphatic heterocycles. The first-order valence-corrected chi connectivity index (χ1v) is 8.15. The van der Waals surface area contributed by atoms with Crippen LogP contribution in [0.2, 0.25) is 0 Å². The maximum Gasteiger partial charge on any atom is 0.111 e. The molecule has 0 rings (SSSR count). The molecule has 28 heavy (non-hydrogen) atoms. The van der Waals surface area contributed by atoms with E-state index in [-0.39, 0.29) is 0 Å². The first-order chi connectivity index (χ1) is 12.9. The summed E-state index contributed by atoms with van der Waals surface area (Å²) >= 11 is 0. The molecule has 14 heteroatoms. The van der Waals surface area contributed by atoms with Gasteiger partial charge in [-0.15, -0.1) is 0 Å². The zero-order valence-electron chi connectivity index (χ0n) is 14.9. The molecular formula is C14H32O14. The lowest BCUT2D eigenvalue weighted by molar-refractivity contribution is -0.145. The molecule has 1 unspecified atom stereocenters. The van der Waals surface area contributed by atoms with E-state index in [0.29, 0.717) is 0 Å². The van der Waals surface area contributed by atoms with Gasteiger partial charge in [-0.2, -0.15) is 0 Å². The second kappa shape index (κ2) is 15.3. The minimum Gasteiger partial charge on any atom is -0.394 e. The highest BCUT2D eigenvalue weighted by atomic mass is 16.4. The monoisotopic (exact) mass is 424 g/mol. The summed E-state index contributed by atoms with van der Waals surface area (Å²) in [5.74, 6) is 0. The molecule has 0 spiro atoms. The Morgan fingerprint density at radius 3 is 0.536 bits per heavy atom. The van der Waals surface area contributed by atoms with Gasteiger partial charge in [-0.05, 0) is 0 Å². The van der Waals surface area contributed by atoms with Crippen molar-refractivity contribution in [2.24, 2.45) is 0 Å². The summed E-state index contributed by atoms with van der Waals surface area (Å²) < 4.78 is 0. The second-order valence-electron chi connectivity index (χ2n) is 5.94. The molecule has 0 aliphatic carbocycles. The zero-order valence-corrected chi connectivity index (χ0v) is 14.9. The first-order valence-electron chi connectivity index (χ1n) is 8.15. The van der Waals surface area contributed by atoms with E-state index in [9.17, 15) is 0 Å². The Kier molecular flexibility index (Phi) is 16.2. The van der Waals surface area contributed by atoms with Crippen LogP contribution in [0, 0.1) is 0 Å². The molecule has 14 N–H and O–H groups in total. The van der Waals surface area contributed by atoms with E-state index in [2.05, 4.69) is 0 Å². The van der Waals surface area contributed by atoms with Crippen LogP contribution in [0.4, 0.5) is 0 Å². The molecule has 0 aromatic heterocycles. The largest absolute Gasteiger partial charge is 0.394 e. The molecule has 0 aromatic carbocycles. The summed E-state index contributed by atoms with van der Waals surface area (Å²) in [7, 11) is 0. The molecule has 172 valence electrons. The third-order valence-electron chi connectivity index (χ3n) is 3.72. The van der Waals surface area contributed by atoms with Gasteiger partial charge in [0.25, 0.3) is 0 Å². The van der Waals surface area contributed by atoms with Crippen molar-refractivity contribution in [3.05, 3.63) is 0 Å². The summed E-state index contributed by atoms with van der Waals surface area (Å²) in [5.41, 5.74) is 0. The van der Waals surface area contributed by atoms with Gasteiger partial charge in [0.2, 0.25) is 0 Å². The summed E-state index contributed by atoms with van der Waals surface area (Å²) in [6, 6.07) is 0. The maximum atomic E-state index is 9.15. The predicted molar refractivity (Wildman–Crippen MR) is 88.4 cm³/mol. The minimum atomic E-state index is -1.85. The Morgan fingerprint density at radius 2 is 0.429 bits per heavy atom.